The van der Waals surface area contributed by atoms with Crippen molar-refractivity contribution in [2.75, 3.05) is 0 Å². The fourth-order valence-corrected chi connectivity index (χ4v) is 5.66. The van der Waals surface area contributed by atoms with Crippen molar-refractivity contribution in [3.05, 3.63) is 50.7 Å². The molecule has 0 bridgehead atoms. The number of carbonyl (C=O) groups excluding carboxylic acids is 2. The van der Waals surface area contributed by atoms with E-state index in [4.69, 9.17) is 11.6 Å². The molecule has 0 unspecified atom stereocenters. The molecule has 1 aromatic carbocycles. The largest absolute Gasteiger partial charge is 0.279 e. The number of hydrazine groups is 1. The SMILES string of the molecule is CC(C)[C@H](NS(=O)(=O)c1ccc(Cl)cc1)C(=O)NNC(=O)c1cc2c(s1)CCC2. The van der Waals surface area contributed by atoms with Gasteiger partial charge >= 0.3 is 0 Å². The topological polar surface area (TPSA) is 104 Å². The summed E-state index contributed by atoms with van der Waals surface area (Å²) < 4.78 is 27.6. The molecule has 1 atom stereocenters. The lowest BCUT2D eigenvalue weighted by Gasteiger charge is -2.21. The number of halogens is 1. The number of aryl methyl sites for hydroxylation is 2. The Hall–Kier alpha value is -1.94. The number of amides is 2. The summed E-state index contributed by atoms with van der Waals surface area (Å²) >= 11 is 7.21. The molecule has 0 radical (unpaired) electrons. The molecule has 156 valence electrons. The van der Waals surface area contributed by atoms with Crippen LogP contribution in [0.2, 0.25) is 5.02 Å². The molecule has 10 heteroatoms. The van der Waals surface area contributed by atoms with E-state index in [9.17, 15) is 18.0 Å². The predicted octanol–water partition coefficient (Wildman–Crippen LogP) is 2.65. The maximum absolute atomic E-state index is 12.6. The number of hydrogen-bond acceptors (Lipinski definition) is 5. The maximum atomic E-state index is 12.6. The number of fused-ring (bicyclic) bond motifs is 1. The van der Waals surface area contributed by atoms with E-state index in [1.807, 2.05) is 6.07 Å². The third-order valence-corrected chi connectivity index (χ3v) is 7.57. The molecule has 1 heterocycles. The highest BCUT2D eigenvalue weighted by atomic mass is 35.5. The van der Waals surface area contributed by atoms with Gasteiger partial charge in [0.2, 0.25) is 10.0 Å². The molecule has 2 amide bonds. The first-order valence-electron chi connectivity index (χ1n) is 9.17. The Morgan fingerprint density at radius 2 is 1.79 bits per heavy atom. The van der Waals surface area contributed by atoms with Gasteiger partial charge in [-0.05, 0) is 61.1 Å². The van der Waals surface area contributed by atoms with Crippen molar-refractivity contribution >= 4 is 44.8 Å². The molecule has 0 saturated carbocycles. The summed E-state index contributed by atoms with van der Waals surface area (Å²) in [4.78, 5) is 26.6. The number of rotatable bonds is 6. The average Bonchev–Trinajstić information content (AvgIpc) is 3.26. The van der Waals surface area contributed by atoms with Crippen LogP contribution in [0, 0.1) is 5.92 Å². The highest BCUT2D eigenvalue weighted by Gasteiger charge is 2.29. The van der Waals surface area contributed by atoms with E-state index in [1.54, 1.807) is 13.8 Å². The van der Waals surface area contributed by atoms with Gasteiger partial charge in [0.25, 0.3) is 11.8 Å². The van der Waals surface area contributed by atoms with Gasteiger partial charge < -0.3 is 0 Å². The van der Waals surface area contributed by atoms with Crippen LogP contribution in [0.1, 0.15) is 40.4 Å². The van der Waals surface area contributed by atoms with Crippen molar-refractivity contribution in [2.24, 2.45) is 5.92 Å². The van der Waals surface area contributed by atoms with E-state index < -0.39 is 27.9 Å². The molecule has 3 rings (SSSR count). The average molecular weight is 456 g/mol. The fourth-order valence-electron chi connectivity index (χ4n) is 3.04. The summed E-state index contributed by atoms with van der Waals surface area (Å²) in [6.45, 7) is 3.42. The minimum atomic E-state index is -3.94. The van der Waals surface area contributed by atoms with Crippen LogP contribution in [0.4, 0.5) is 0 Å². The monoisotopic (exact) mass is 455 g/mol. The summed E-state index contributed by atoms with van der Waals surface area (Å²) in [6.07, 6.45) is 3.04. The number of sulfonamides is 1. The van der Waals surface area contributed by atoms with Gasteiger partial charge in [-0.1, -0.05) is 25.4 Å². The van der Waals surface area contributed by atoms with E-state index in [0.717, 1.165) is 19.3 Å². The summed E-state index contributed by atoms with van der Waals surface area (Å²) in [5, 5.41) is 0.407. The molecule has 7 nitrogen and oxygen atoms in total. The number of hydrogen-bond donors (Lipinski definition) is 3. The van der Waals surface area contributed by atoms with Crippen molar-refractivity contribution in [1.29, 1.82) is 0 Å². The molecule has 2 aromatic rings. The summed E-state index contributed by atoms with van der Waals surface area (Å²) in [5.41, 5.74) is 5.89. The minimum absolute atomic E-state index is 0.00233. The Kier molecular flexibility index (Phi) is 6.62. The van der Waals surface area contributed by atoms with Crippen LogP contribution >= 0.6 is 22.9 Å². The van der Waals surface area contributed by atoms with Crippen LogP contribution in [-0.4, -0.2) is 26.3 Å². The molecule has 0 saturated heterocycles. The summed E-state index contributed by atoms with van der Waals surface area (Å²) in [6, 6.07) is 6.41. The van der Waals surface area contributed by atoms with Gasteiger partial charge in [0, 0.05) is 9.90 Å². The first-order chi connectivity index (χ1) is 13.7. The zero-order valence-electron chi connectivity index (χ0n) is 16.0. The lowest BCUT2D eigenvalue weighted by molar-refractivity contribution is -0.124. The second-order valence-electron chi connectivity index (χ2n) is 7.15. The highest BCUT2D eigenvalue weighted by Crippen LogP contribution is 2.30. The number of benzene rings is 1. The van der Waals surface area contributed by atoms with Gasteiger partial charge in [-0.3, -0.25) is 20.4 Å². The molecule has 1 aliphatic rings. The van der Waals surface area contributed by atoms with Crippen molar-refractivity contribution in [2.45, 2.75) is 44.0 Å². The molecule has 0 fully saturated rings. The van der Waals surface area contributed by atoms with Crippen molar-refractivity contribution in [3.63, 3.8) is 0 Å². The second-order valence-corrected chi connectivity index (χ2v) is 10.4. The molecule has 0 spiro atoms. The van der Waals surface area contributed by atoms with Crippen LogP contribution in [-0.2, 0) is 27.7 Å². The Bertz CT molecular complexity index is 995. The zero-order valence-corrected chi connectivity index (χ0v) is 18.4. The Labute approximate surface area is 178 Å². The Balaban J connectivity index is 1.64. The number of nitrogens with one attached hydrogen (secondary N) is 3. The van der Waals surface area contributed by atoms with E-state index in [1.165, 1.54) is 46.0 Å². The van der Waals surface area contributed by atoms with Crippen LogP contribution in [0.25, 0.3) is 0 Å². The number of carbonyl (C=O) groups is 2. The fraction of sp³-hybridized carbons (Fsp3) is 0.368. The van der Waals surface area contributed by atoms with Crippen LogP contribution in [0.15, 0.2) is 35.2 Å². The van der Waals surface area contributed by atoms with Crippen LogP contribution in [0.5, 0.6) is 0 Å². The first-order valence-corrected chi connectivity index (χ1v) is 11.8. The normalized spacial score (nSPS) is 14.5. The van der Waals surface area contributed by atoms with Gasteiger partial charge in [-0.2, -0.15) is 4.72 Å². The summed E-state index contributed by atoms with van der Waals surface area (Å²) in [5.74, 6) is -1.41. The molecular formula is C19H22ClN3O4S2. The smallest absolute Gasteiger partial charge is 0.271 e. The van der Waals surface area contributed by atoms with Gasteiger partial charge in [-0.25, -0.2) is 8.42 Å². The van der Waals surface area contributed by atoms with Crippen molar-refractivity contribution in [1.82, 2.24) is 15.6 Å². The van der Waals surface area contributed by atoms with Gasteiger partial charge in [0.15, 0.2) is 0 Å². The number of thiophene rings is 1. The van der Waals surface area contributed by atoms with E-state index in [-0.39, 0.29) is 10.8 Å². The Morgan fingerprint density at radius 1 is 1.10 bits per heavy atom. The van der Waals surface area contributed by atoms with E-state index >= 15 is 0 Å². The molecule has 0 aliphatic heterocycles. The molecule has 29 heavy (non-hydrogen) atoms. The van der Waals surface area contributed by atoms with Crippen molar-refractivity contribution in [3.8, 4) is 0 Å². The third-order valence-electron chi connectivity index (χ3n) is 4.62. The minimum Gasteiger partial charge on any atom is -0.271 e. The molecule has 3 N–H and O–H groups in total. The van der Waals surface area contributed by atoms with Crippen LogP contribution in [0.3, 0.4) is 0 Å². The van der Waals surface area contributed by atoms with Crippen LogP contribution < -0.4 is 15.6 Å². The molecule has 1 aromatic heterocycles. The lowest BCUT2D eigenvalue weighted by Crippen LogP contribution is -2.54. The summed E-state index contributed by atoms with van der Waals surface area (Å²) in [7, 11) is -3.94. The van der Waals surface area contributed by atoms with Gasteiger partial charge in [-0.15, -0.1) is 11.3 Å². The van der Waals surface area contributed by atoms with Crippen molar-refractivity contribution < 1.29 is 18.0 Å². The highest BCUT2D eigenvalue weighted by molar-refractivity contribution is 7.89. The zero-order chi connectivity index (χ0) is 21.2. The van der Waals surface area contributed by atoms with Gasteiger partial charge in [0.05, 0.1) is 9.77 Å². The lowest BCUT2D eigenvalue weighted by atomic mass is 10.1. The van der Waals surface area contributed by atoms with E-state index in [0.29, 0.717) is 9.90 Å². The standard InChI is InChI=1S/C19H22ClN3O4S2/c1-11(2)17(23-29(26,27)14-8-6-13(20)7-9-14)19(25)22-21-18(24)16-10-12-4-3-5-15(12)28-16/h6-11,17,23H,3-5H2,1-2H3,(H,21,24)(H,22,25)/t17-/m0/s1. The molecule has 1 aliphatic carbocycles. The van der Waals surface area contributed by atoms with Gasteiger partial charge in [0.1, 0.15) is 6.04 Å². The maximum Gasteiger partial charge on any atom is 0.279 e. The third kappa shape index (κ3) is 5.16. The Morgan fingerprint density at radius 3 is 2.41 bits per heavy atom. The second kappa shape index (κ2) is 8.83. The first kappa shape index (κ1) is 21.8. The quantitative estimate of drug-likeness (QED) is 0.582. The van der Waals surface area contributed by atoms with E-state index in [2.05, 4.69) is 15.6 Å². The molecular weight excluding hydrogens is 434 g/mol. The predicted molar refractivity (Wildman–Crippen MR) is 112 cm³/mol.